The lowest BCUT2D eigenvalue weighted by Crippen LogP contribution is -2.57. The van der Waals surface area contributed by atoms with Crippen LogP contribution in [0.5, 0.6) is 0 Å². The smallest absolute Gasteiger partial charge is 0.254 e. The molecule has 2 N–H and O–H groups in total. The van der Waals surface area contributed by atoms with E-state index in [1.165, 1.54) is 18.6 Å². The summed E-state index contributed by atoms with van der Waals surface area (Å²) in [5, 5.41) is 7.14. The maximum atomic E-state index is 14.1. The number of hydrogen-bond acceptors (Lipinski definition) is 3. The minimum absolute atomic E-state index is 0.0568. The summed E-state index contributed by atoms with van der Waals surface area (Å²) in [6.07, 6.45) is 2.79. The first kappa shape index (κ1) is 27.2. The van der Waals surface area contributed by atoms with E-state index in [1.54, 1.807) is 4.90 Å². The Labute approximate surface area is 236 Å². The highest BCUT2D eigenvalue weighted by Crippen LogP contribution is 2.61. The molecule has 0 aromatic heterocycles. The van der Waals surface area contributed by atoms with Gasteiger partial charge in [-0.1, -0.05) is 32.9 Å². The van der Waals surface area contributed by atoms with Crippen molar-refractivity contribution in [1.29, 1.82) is 0 Å². The largest absolute Gasteiger partial charge is 0.340 e. The van der Waals surface area contributed by atoms with Gasteiger partial charge in [0.25, 0.3) is 5.91 Å². The molecule has 3 aliphatic carbocycles. The molecule has 8 heteroatoms. The van der Waals surface area contributed by atoms with Gasteiger partial charge in [0.2, 0.25) is 0 Å². The van der Waals surface area contributed by atoms with E-state index in [0.717, 1.165) is 61.2 Å². The fourth-order valence-electron chi connectivity index (χ4n) is 7.50. The number of nitrogens with one attached hydrogen (secondary N) is 2. The van der Waals surface area contributed by atoms with Gasteiger partial charge in [0.05, 0.1) is 6.04 Å². The SMILES string of the molecule is C[C@H]1[C@@H](N=C(Nc2ccc3c(c2)C(=O)N(CCc2ccc(F)cc2F)C3)N2CCN[C@@H](C)C2)C[C@@H]2C[C@@H]1C2(C)C. The number of carbonyl (C=O) groups excluding carboxylic acids is 1. The van der Waals surface area contributed by atoms with Gasteiger partial charge in [0.15, 0.2) is 5.96 Å². The number of rotatable bonds is 5. The number of piperazine rings is 1. The zero-order chi connectivity index (χ0) is 28.2. The van der Waals surface area contributed by atoms with Crippen LogP contribution in [0.25, 0.3) is 0 Å². The van der Waals surface area contributed by atoms with Gasteiger partial charge < -0.3 is 20.4 Å². The van der Waals surface area contributed by atoms with Gasteiger partial charge in [-0.05, 0) is 78.7 Å². The van der Waals surface area contributed by atoms with Gasteiger partial charge in [-0.3, -0.25) is 4.79 Å². The molecular formula is C32H41F2N5O. The van der Waals surface area contributed by atoms with E-state index in [4.69, 9.17) is 4.99 Å². The first-order chi connectivity index (χ1) is 19.1. The fourth-order valence-corrected chi connectivity index (χ4v) is 7.50. The predicted molar refractivity (Wildman–Crippen MR) is 154 cm³/mol. The van der Waals surface area contributed by atoms with E-state index >= 15 is 0 Å². The van der Waals surface area contributed by atoms with Crippen molar-refractivity contribution in [2.24, 2.45) is 28.2 Å². The number of fused-ring (bicyclic) bond motifs is 3. The molecule has 2 bridgehead atoms. The number of benzene rings is 2. The second-order valence-corrected chi connectivity index (χ2v) is 13.0. The van der Waals surface area contributed by atoms with Crippen LogP contribution in [0, 0.1) is 34.8 Å². The highest BCUT2D eigenvalue weighted by Gasteiger charge is 2.56. The molecule has 2 heterocycles. The van der Waals surface area contributed by atoms with E-state index in [0.29, 0.717) is 54.1 Å². The highest BCUT2D eigenvalue weighted by atomic mass is 19.1. The van der Waals surface area contributed by atoms with Crippen molar-refractivity contribution < 1.29 is 13.6 Å². The molecule has 5 atom stereocenters. The topological polar surface area (TPSA) is 60.0 Å². The van der Waals surface area contributed by atoms with E-state index < -0.39 is 11.6 Å². The number of hydrogen-bond donors (Lipinski definition) is 2. The highest BCUT2D eigenvalue weighted by molar-refractivity contribution is 6.01. The van der Waals surface area contributed by atoms with E-state index in [1.807, 2.05) is 18.2 Å². The second-order valence-electron chi connectivity index (χ2n) is 13.0. The Morgan fingerprint density at radius 3 is 2.70 bits per heavy atom. The number of nitrogens with zero attached hydrogens (tertiary/aromatic N) is 3. The molecule has 0 radical (unpaired) electrons. The minimum atomic E-state index is -0.595. The molecule has 0 spiro atoms. The van der Waals surface area contributed by atoms with Crippen molar-refractivity contribution >= 4 is 17.6 Å². The molecule has 2 aromatic rings. The molecule has 2 aromatic carbocycles. The Morgan fingerprint density at radius 1 is 1.15 bits per heavy atom. The van der Waals surface area contributed by atoms with Gasteiger partial charge in [0, 0.05) is 56.1 Å². The molecule has 0 unspecified atom stereocenters. The molecule has 5 aliphatic rings. The monoisotopic (exact) mass is 549 g/mol. The Hall–Kier alpha value is -3.00. The van der Waals surface area contributed by atoms with Crippen LogP contribution >= 0.6 is 0 Å². The summed E-state index contributed by atoms with van der Waals surface area (Å²) in [7, 11) is 0. The molecule has 214 valence electrons. The summed E-state index contributed by atoms with van der Waals surface area (Å²) in [5.41, 5.74) is 3.32. The average molecular weight is 550 g/mol. The summed E-state index contributed by atoms with van der Waals surface area (Å²) in [4.78, 5) is 22.7. The zero-order valence-electron chi connectivity index (χ0n) is 24.0. The summed E-state index contributed by atoms with van der Waals surface area (Å²) in [5.74, 6) is 1.67. The molecule has 2 aliphatic heterocycles. The van der Waals surface area contributed by atoms with Gasteiger partial charge in [-0.15, -0.1) is 0 Å². The van der Waals surface area contributed by atoms with Gasteiger partial charge in [-0.2, -0.15) is 0 Å². The average Bonchev–Trinajstić information content (AvgIpc) is 3.23. The van der Waals surface area contributed by atoms with Crippen molar-refractivity contribution in [3.63, 3.8) is 0 Å². The van der Waals surface area contributed by atoms with Crippen LogP contribution < -0.4 is 10.6 Å². The molecule has 6 nitrogen and oxygen atoms in total. The predicted octanol–water partition coefficient (Wildman–Crippen LogP) is 5.30. The lowest BCUT2D eigenvalue weighted by Gasteiger charge is -2.61. The van der Waals surface area contributed by atoms with Crippen LogP contribution in [-0.2, 0) is 13.0 Å². The van der Waals surface area contributed by atoms with Crippen molar-refractivity contribution in [3.8, 4) is 0 Å². The third kappa shape index (κ3) is 5.00. The molecule has 4 fully saturated rings. The number of amides is 1. The van der Waals surface area contributed by atoms with Crippen molar-refractivity contribution in [3.05, 3.63) is 64.7 Å². The molecule has 7 rings (SSSR count). The van der Waals surface area contributed by atoms with Crippen LogP contribution in [0.3, 0.4) is 0 Å². The summed E-state index contributed by atoms with van der Waals surface area (Å²) in [6.45, 7) is 12.9. The Bertz CT molecular complexity index is 1330. The number of aliphatic imine (C=N–C) groups is 1. The van der Waals surface area contributed by atoms with Gasteiger partial charge >= 0.3 is 0 Å². The first-order valence-electron chi connectivity index (χ1n) is 14.8. The maximum absolute atomic E-state index is 14.1. The molecule has 40 heavy (non-hydrogen) atoms. The third-order valence-corrected chi connectivity index (χ3v) is 10.2. The summed E-state index contributed by atoms with van der Waals surface area (Å²) >= 11 is 0. The standard InChI is InChI=1S/C32H41F2N5O/c1-19-17-39(12-10-35-19)31(37-29-14-23-13-27(20(29)2)32(23,3)4)36-25-8-6-22-18-38(30(40)26(22)16-25)11-9-21-5-7-24(33)15-28(21)34/h5-8,15-16,19-20,23,27,29,35H,9-14,17-18H2,1-4H3,(H,36,37)/t19-,20+,23-,27-,29-/m0/s1. The quantitative estimate of drug-likeness (QED) is 0.393. The van der Waals surface area contributed by atoms with Crippen LogP contribution in [0.15, 0.2) is 41.4 Å². The van der Waals surface area contributed by atoms with Crippen molar-refractivity contribution in [2.75, 3.05) is 31.5 Å². The maximum Gasteiger partial charge on any atom is 0.254 e. The minimum Gasteiger partial charge on any atom is -0.340 e. The fraction of sp³-hybridized carbons (Fsp3) is 0.562. The Balaban J connectivity index is 1.19. The molecule has 1 saturated heterocycles. The van der Waals surface area contributed by atoms with Crippen LogP contribution in [0.2, 0.25) is 0 Å². The number of halogens is 2. The zero-order valence-corrected chi connectivity index (χ0v) is 24.0. The van der Waals surface area contributed by atoms with Crippen molar-refractivity contribution in [1.82, 2.24) is 15.1 Å². The second kappa shape index (κ2) is 10.4. The Morgan fingerprint density at radius 2 is 1.98 bits per heavy atom. The number of anilines is 1. The normalized spacial score (nSPS) is 29.3. The third-order valence-electron chi connectivity index (χ3n) is 10.2. The molecule has 3 saturated carbocycles. The van der Waals surface area contributed by atoms with Crippen LogP contribution in [0.1, 0.15) is 62.0 Å². The lowest BCUT2D eigenvalue weighted by atomic mass is 9.45. The summed E-state index contributed by atoms with van der Waals surface area (Å²) in [6, 6.07) is 10.2. The van der Waals surface area contributed by atoms with E-state index in [-0.39, 0.29) is 5.91 Å². The molecular weight excluding hydrogens is 508 g/mol. The number of guanidine groups is 1. The Kier molecular flexibility index (Phi) is 7.09. The number of carbonyl (C=O) groups is 1. The summed E-state index contributed by atoms with van der Waals surface area (Å²) < 4.78 is 27.4. The van der Waals surface area contributed by atoms with Crippen LogP contribution in [-0.4, -0.2) is 59.9 Å². The van der Waals surface area contributed by atoms with Crippen LogP contribution in [0.4, 0.5) is 14.5 Å². The van der Waals surface area contributed by atoms with Crippen molar-refractivity contribution in [2.45, 2.75) is 65.6 Å². The van der Waals surface area contributed by atoms with Gasteiger partial charge in [-0.25, -0.2) is 13.8 Å². The van der Waals surface area contributed by atoms with Gasteiger partial charge in [0.1, 0.15) is 11.6 Å². The first-order valence-corrected chi connectivity index (χ1v) is 14.8. The lowest BCUT2D eigenvalue weighted by molar-refractivity contribution is -0.108. The van der Waals surface area contributed by atoms with E-state index in [9.17, 15) is 13.6 Å². The molecule has 1 amide bonds. The van der Waals surface area contributed by atoms with E-state index in [2.05, 4.69) is 43.2 Å².